The molecular formula is C26H31NO5S. The third-order valence-electron chi connectivity index (χ3n) is 5.54. The van der Waals surface area contributed by atoms with Crippen LogP contribution < -0.4 is 4.74 Å². The van der Waals surface area contributed by atoms with E-state index in [1.54, 1.807) is 6.20 Å². The number of rotatable bonds is 12. The summed E-state index contributed by atoms with van der Waals surface area (Å²) in [5, 5.41) is -0.348. The number of ether oxygens (including phenoxy) is 2. The second kappa shape index (κ2) is 12.5. The average Bonchev–Trinajstić information content (AvgIpc) is 3.14. The number of nitrogens with zero attached hydrogens (tertiary/aromatic N) is 1. The number of esters is 1. The summed E-state index contributed by atoms with van der Waals surface area (Å²) in [7, 11) is 0. The Hall–Kier alpha value is -2.67. The smallest absolute Gasteiger partial charge is 0.306 e. The highest BCUT2D eigenvalue weighted by Crippen LogP contribution is 2.28. The van der Waals surface area contributed by atoms with E-state index in [1.165, 1.54) is 0 Å². The monoisotopic (exact) mass is 469 g/mol. The third kappa shape index (κ3) is 7.70. The van der Waals surface area contributed by atoms with E-state index in [1.807, 2.05) is 36.4 Å². The van der Waals surface area contributed by atoms with Crippen LogP contribution in [0, 0.1) is 0 Å². The van der Waals surface area contributed by atoms with Gasteiger partial charge in [0.25, 0.3) is 0 Å². The Morgan fingerprint density at radius 1 is 1.09 bits per heavy atom. The van der Waals surface area contributed by atoms with E-state index in [2.05, 4.69) is 18.8 Å². The molecule has 1 aromatic carbocycles. The molecule has 6 nitrogen and oxygen atoms in total. The Bertz CT molecular complexity index is 942. The Morgan fingerprint density at radius 3 is 2.45 bits per heavy atom. The van der Waals surface area contributed by atoms with Crippen molar-refractivity contribution < 1.29 is 23.9 Å². The molecule has 1 fully saturated rings. The van der Waals surface area contributed by atoms with Gasteiger partial charge in [-0.05, 0) is 48.6 Å². The van der Waals surface area contributed by atoms with Gasteiger partial charge in [0, 0.05) is 12.6 Å². The van der Waals surface area contributed by atoms with Crippen molar-refractivity contribution in [1.29, 1.82) is 0 Å². The number of carbonyl (C=O) groups is 3. The molecule has 176 valence electrons. The molecule has 0 aliphatic carbocycles. The highest BCUT2D eigenvalue weighted by molar-refractivity contribution is 8.15. The number of aromatic nitrogens is 1. The summed E-state index contributed by atoms with van der Waals surface area (Å²) in [6.07, 6.45) is 5.87. The highest BCUT2D eigenvalue weighted by Gasteiger charge is 2.31. The summed E-state index contributed by atoms with van der Waals surface area (Å²) in [5.74, 6) is 0.384. The summed E-state index contributed by atoms with van der Waals surface area (Å²) in [5.41, 5.74) is 2.75. The Balaban J connectivity index is 1.60. The lowest BCUT2D eigenvalue weighted by atomic mass is 10.1. The standard InChI is InChI=1S/C26H31NO5S/c1-3-5-6-7-25(29)32-23(21-13-10-18(4-2)16-27-21)17-31-20-11-8-19(9-12-20)14-24-22(28)15-26(30)33-24/h8-13,16,23-24H,3-7,14-15,17H2,1-2H3/t23-,24?/m0/s1. The van der Waals surface area contributed by atoms with Gasteiger partial charge in [-0.1, -0.05) is 56.7 Å². The summed E-state index contributed by atoms with van der Waals surface area (Å²) < 4.78 is 11.6. The number of pyridine rings is 1. The van der Waals surface area contributed by atoms with E-state index in [0.29, 0.717) is 24.3 Å². The topological polar surface area (TPSA) is 82.6 Å². The van der Waals surface area contributed by atoms with Crippen molar-refractivity contribution in [2.24, 2.45) is 0 Å². The zero-order chi connectivity index (χ0) is 23.6. The summed E-state index contributed by atoms with van der Waals surface area (Å²) in [6.45, 7) is 4.31. The fourth-order valence-electron chi connectivity index (χ4n) is 3.54. The average molecular weight is 470 g/mol. The van der Waals surface area contributed by atoms with Crippen LogP contribution in [0.4, 0.5) is 0 Å². The van der Waals surface area contributed by atoms with Gasteiger partial charge in [0.15, 0.2) is 17.0 Å². The third-order valence-corrected chi connectivity index (χ3v) is 6.66. The molecule has 1 aliphatic heterocycles. The molecule has 0 radical (unpaired) electrons. The first-order valence-electron chi connectivity index (χ1n) is 11.6. The number of thioether (sulfide) groups is 1. The van der Waals surface area contributed by atoms with Gasteiger partial charge in [0.1, 0.15) is 12.4 Å². The second-order valence-corrected chi connectivity index (χ2v) is 9.42. The van der Waals surface area contributed by atoms with Gasteiger partial charge >= 0.3 is 5.97 Å². The number of hydrogen-bond acceptors (Lipinski definition) is 7. The van der Waals surface area contributed by atoms with E-state index in [-0.39, 0.29) is 35.1 Å². The molecule has 3 rings (SSSR count). The number of aryl methyl sites for hydroxylation is 1. The van der Waals surface area contributed by atoms with Crippen LogP contribution >= 0.6 is 11.8 Å². The molecule has 2 heterocycles. The Kier molecular flexibility index (Phi) is 9.48. The maximum Gasteiger partial charge on any atom is 0.306 e. The molecular weight excluding hydrogens is 438 g/mol. The molecule has 1 aliphatic rings. The van der Waals surface area contributed by atoms with E-state index < -0.39 is 6.10 Å². The van der Waals surface area contributed by atoms with Gasteiger partial charge < -0.3 is 9.47 Å². The molecule has 33 heavy (non-hydrogen) atoms. The number of unbranched alkanes of at least 4 members (excludes halogenated alkanes) is 2. The van der Waals surface area contributed by atoms with Gasteiger partial charge in [0.05, 0.1) is 17.4 Å². The molecule has 2 atom stereocenters. The molecule has 0 bridgehead atoms. The summed E-state index contributed by atoms with van der Waals surface area (Å²) in [6, 6.07) is 11.3. The molecule has 0 N–H and O–H groups in total. The predicted octanol–water partition coefficient (Wildman–Crippen LogP) is 5.03. The molecule has 0 spiro atoms. The van der Waals surface area contributed by atoms with Crippen LogP contribution in [0.5, 0.6) is 5.75 Å². The SMILES string of the molecule is CCCCCC(=O)O[C@@H](COc1ccc(CC2SC(=O)CC2=O)cc1)c1ccc(CC)cn1. The lowest BCUT2D eigenvalue weighted by molar-refractivity contribution is -0.151. The fourth-order valence-corrected chi connectivity index (χ4v) is 4.57. The van der Waals surface area contributed by atoms with Crippen LogP contribution in [-0.4, -0.2) is 33.7 Å². The van der Waals surface area contributed by atoms with Crippen molar-refractivity contribution in [3.63, 3.8) is 0 Å². The van der Waals surface area contributed by atoms with Crippen molar-refractivity contribution in [2.75, 3.05) is 6.61 Å². The van der Waals surface area contributed by atoms with Crippen LogP contribution in [0.15, 0.2) is 42.6 Å². The van der Waals surface area contributed by atoms with Crippen LogP contribution in [0.3, 0.4) is 0 Å². The Morgan fingerprint density at radius 2 is 1.85 bits per heavy atom. The molecule has 1 aromatic heterocycles. The number of hydrogen-bond donors (Lipinski definition) is 0. The number of carbonyl (C=O) groups excluding carboxylic acids is 3. The van der Waals surface area contributed by atoms with Crippen molar-refractivity contribution in [1.82, 2.24) is 4.98 Å². The first-order valence-corrected chi connectivity index (χ1v) is 12.4. The van der Waals surface area contributed by atoms with Crippen molar-refractivity contribution in [3.05, 3.63) is 59.4 Å². The van der Waals surface area contributed by atoms with Crippen LogP contribution in [0.2, 0.25) is 0 Å². The molecule has 1 saturated heterocycles. The van der Waals surface area contributed by atoms with Gasteiger partial charge in [-0.15, -0.1) is 0 Å². The summed E-state index contributed by atoms with van der Waals surface area (Å²) >= 11 is 1.12. The predicted molar refractivity (Wildman–Crippen MR) is 128 cm³/mol. The van der Waals surface area contributed by atoms with Gasteiger partial charge in [-0.25, -0.2) is 0 Å². The van der Waals surface area contributed by atoms with Gasteiger partial charge in [-0.2, -0.15) is 0 Å². The first-order chi connectivity index (χ1) is 16.0. The maximum atomic E-state index is 12.3. The largest absolute Gasteiger partial charge is 0.489 e. The van der Waals surface area contributed by atoms with E-state index in [9.17, 15) is 14.4 Å². The van der Waals surface area contributed by atoms with Gasteiger partial charge in [0.2, 0.25) is 0 Å². The number of Topliss-reactive ketones (excluding diaryl/α,β-unsaturated/α-hetero) is 1. The van der Waals surface area contributed by atoms with Crippen molar-refractivity contribution in [3.8, 4) is 5.75 Å². The quantitative estimate of drug-likeness (QED) is 0.245. The van der Waals surface area contributed by atoms with Crippen LogP contribution in [0.1, 0.15) is 68.9 Å². The minimum absolute atomic E-state index is 0.00416. The van der Waals surface area contributed by atoms with E-state index in [0.717, 1.165) is 48.6 Å². The summed E-state index contributed by atoms with van der Waals surface area (Å²) in [4.78, 5) is 40.1. The van der Waals surface area contributed by atoms with E-state index >= 15 is 0 Å². The van der Waals surface area contributed by atoms with Crippen LogP contribution in [-0.2, 0) is 32.0 Å². The minimum Gasteiger partial charge on any atom is -0.489 e. The number of benzene rings is 1. The zero-order valence-corrected chi connectivity index (χ0v) is 20.1. The van der Waals surface area contributed by atoms with Crippen molar-refractivity contribution in [2.45, 2.75) is 70.1 Å². The lowest BCUT2D eigenvalue weighted by Crippen LogP contribution is -2.19. The van der Waals surface area contributed by atoms with Crippen molar-refractivity contribution >= 4 is 28.6 Å². The molecule has 2 aromatic rings. The van der Waals surface area contributed by atoms with E-state index in [4.69, 9.17) is 9.47 Å². The Labute approximate surface area is 199 Å². The normalized spacial score (nSPS) is 16.6. The fraction of sp³-hybridized carbons (Fsp3) is 0.462. The molecule has 1 unspecified atom stereocenters. The maximum absolute atomic E-state index is 12.3. The van der Waals surface area contributed by atoms with Gasteiger partial charge in [-0.3, -0.25) is 19.4 Å². The molecule has 0 saturated carbocycles. The minimum atomic E-state index is -0.594. The number of ketones is 1. The second-order valence-electron chi connectivity index (χ2n) is 8.16. The highest BCUT2D eigenvalue weighted by atomic mass is 32.2. The molecule has 7 heteroatoms. The zero-order valence-electron chi connectivity index (χ0n) is 19.2. The lowest BCUT2D eigenvalue weighted by Gasteiger charge is -2.19. The first kappa shape index (κ1) is 25.0. The molecule has 0 amide bonds. The van der Waals surface area contributed by atoms with Crippen LogP contribution in [0.25, 0.3) is 0 Å².